The third-order valence-electron chi connectivity index (χ3n) is 3.52. The first-order chi connectivity index (χ1) is 8.93. The van der Waals surface area contributed by atoms with Crippen molar-refractivity contribution in [3.05, 3.63) is 42.5 Å². The molecule has 2 heterocycles. The highest BCUT2D eigenvalue weighted by Gasteiger charge is 2.13. The van der Waals surface area contributed by atoms with Gasteiger partial charge in [-0.1, -0.05) is 30.3 Å². The van der Waals surface area contributed by atoms with Gasteiger partial charge in [0.2, 0.25) is 0 Å². The van der Waals surface area contributed by atoms with Crippen LogP contribution in [0.25, 0.3) is 21.8 Å². The van der Waals surface area contributed by atoms with Gasteiger partial charge < -0.3 is 9.88 Å². The summed E-state index contributed by atoms with van der Waals surface area (Å²) >= 11 is 0. The van der Waals surface area contributed by atoms with Crippen LogP contribution in [0.1, 0.15) is 0 Å². The summed E-state index contributed by atoms with van der Waals surface area (Å²) in [7, 11) is 0. The Bertz CT molecular complexity index is 755. The molecule has 4 rings (SSSR count). The number of hydrogen-bond acceptors (Lipinski definition) is 2. The van der Waals surface area contributed by atoms with Gasteiger partial charge in [0, 0.05) is 22.8 Å². The van der Waals surface area contributed by atoms with E-state index in [0.717, 1.165) is 13.1 Å². The quantitative estimate of drug-likeness (QED) is 0.690. The number of rotatable bonds is 1. The highest BCUT2D eigenvalue weighted by atomic mass is 15.2. The molecule has 0 unspecified atom stereocenters. The molecule has 1 aromatic heterocycles. The van der Waals surface area contributed by atoms with E-state index in [2.05, 4.69) is 57.3 Å². The van der Waals surface area contributed by atoms with Crippen molar-refractivity contribution in [3.8, 4) is 0 Å². The van der Waals surface area contributed by atoms with Crippen LogP contribution in [0.3, 0.4) is 0 Å². The molecular weight excluding hydrogens is 222 g/mol. The molecule has 1 aliphatic heterocycles. The fraction of sp³-hybridized carbons (Fsp3) is 0.133. The van der Waals surface area contributed by atoms with E-state index in [1.165, 1.54) is 27.5 Å². The zero-order chi connectivity index (χ0) is 11.9. The third-order valence-corrected chi connectivity index (χ3v) is 3.52. The molecule has 2 aromatic carbocycles. The van der Waals surface area contributed by atoms with Crippen LogP contribution in [0, 0.1) is 0 Å². The van der Waals surface area contributed by atoms with E-state index < -0.39 is 0 Å². The lowest BCUT2D eigenvalue weighted by atomic mass is 10.1. The van der Waals surface area contributed by atoms with Crippen molar-refractivity contribution in [2.75, 3.05) is 18.0 Å². The molecule has 0 atom stereocenters. The molecule has 0 amide bonds. The van der Waals surface area contributed by atoms with Crippen LogP contribution in [0.2, 0.25) is 0 Å². The van der Waals surface area contributed by atoms with E-state index in [4.69, 9.17) is 0 Å². The second-order valence-electron chi connectivity index (χ2n) is 4.59. The van der Waals surface area contributed by atoms with Crippen LogP contribution >= 0.6 is 0 Å². The molecule has 0 bridgehead atoms. The van der Waals surface area contributed by atoms with Crippen molar-refractivity contribution in [1.29, 1.82) is 0 Å². The lowest BCUT2D eigenvalue weighted by Gasteiger charge is -2.14. The lowest BCUT2D eigenvalue weighted by Crippen LogP contribution is -2.18. The van der Waals surface area contributed by atoms with Crippen LogP contribution in [-0.2, 0) is 0 Å². The van der Waals surface area contributed by atoms with Gasteiger partial charge in [-0.15, -0.1) is 0 Å². The minimum absolute atomic E-state index is 0.886. The van der Waals surface area contributed by atoms with Crippen LogP contribution < -0.4 is 4.90 Å². The van der Waals surface area contributed by atoms with Gasteiger partial charge in [-0.05, 0) is 12.1 Å². The Morgan fingerprint density at radius 3 is 2.78 bits per heavy atom. The van der Waals surface area contributed by atoms with Crippen molar-refractivity contribution < 1.29 is 0 Å². The van der Waals surface area contributed by atoms with Crippen LogP contribution in [0.4, 0.5) is 5.69 Å². The Labute approximate surface area is 105 Å². The van der Waals surface area contributed by atoms with Gasteiger partial charge in [0.25, 0.3) is 0 Å². The van der Waals surface area contributed by atoms with E-state index in [-0.39, 0.29) is 0 Å². The lowest BCUT2D eigenvalue weighted by molar-refractivity contribution is 1.03. The first-order valence-corrected chi connectivity index (χ1v) is 6.19. The minimum Gasteiger partial charge on any atom is -0.353 e. The zero-order valence-corrected chi connectivity index (χ0v) is 9.93. The van der Waals surface area contributed by atoms with Gasteiger partial charge >= 0.3 is 0 Å². The van der Waals surface area contributed by atoms with E-state index >= 15 is 0 Å². The van der Waals surface area contributed by atoms with E-state index in [9.17, 15) is 0 Å². The molecule has 3 nitrogen and oxygen atoms in total. The number of nitrogens with zero attached hydrogens (tertiary/aromatic N) is 2. The maximum absolute atomic E-state index is 4.29. The third kappa shape index (κ3) is 1.27. The molecule has 0 saturated heterocycles. The molecule has 0 aliphatic carbocycles. The summed E-state index contributed by atoms with van der Waals surface area (Å²) < 4.78 is 0. The number of benzene rings is 2. The van der Waals surface area contributed by atoms with Crippen molar-refractivity contribution in [1.82, 2.24) is 4.98 Å². The summed E-state index contributed by atoms with van der Waals surface area (Å²) in [6.07, 6.45) is 1.93. The Balaban J connectivity index is 2.06. The summed E-state index contributed by atoms with van der Waals surface area (Å²) in [6, 6.07) is 14.9. The van der Waals surface area contributed by atoms with Gasteiger partial charge in [-0.25, -0.2) is 0 Å². The van der Waals surface area contributed by atoms with Crippen molar-refractivity contribution in [2.45, 2.75) is 0 Å². The number of H-pyrrole nitrogens is 1. The Hall–Kier alpha value is -2.29. The number of hydrogen-bond donors (Lipinski definition) is 1. The minimum atomic E-state index is 0.886. The SMILES string of the molecule is C1=NCCN1c1cccc2c1[nH]c1ccccc12. The van der Waals surface area contributed by atoms with Gasteiger partial charge in [0.15, 0.2) is 0 Å². The fourth-order valence-corrected chi connectivity index (χ4v) is 2.66. The Morgan fingerprint density at radius 2 is 1.89 bits per heavy atom. The average Bonchev–Trinajstić information content (AvgIpc) is 3.05. The number of aromatic nitrogens is 1. The molecule has 88 valence electrons. The van der Waals surface area contributed by atoms with E-state index in [1.54, 1.807) is 0 Å². The van der Waals surface area contributed by atoms with Crippen molar-refractivity contribution in [3.63, 3.8) is 0 Å². The van der Waals surface area contributed by atoms with Crippen LogP contribution in [0.5, 0.6) is 0 Å². The summed E-state index contributed by atoms with van der Waals surface area (Å²) in [5.41, 5.74) is 3.60. The number of para-hydroxylation sites is 2. The van der Waals surface area contributed by atoms with Crippen molar-refractivity contribution >= 4 is 33.8 Å². The smallest absolute Gasteiger partial charge is 0.0896 e. The maximum Gasteiger partial charge on any atom is 0.0896 e. The standard InChI is InChI=1S/C15H13N3/c1-2-6-13-11(4-1)12-5-3-7-14(15(12)17-13)18-9-8-16-10-18/h1-7,10,17H,8-9H2. The number of anilines is 1. The maximum atomic E-state index is 4.29. The summed E-state index contributed by atoms with van der Waals surface area (Å²) in [5, 5.41) is 2.56. The van der Waals surface area contributed by atoms with Gasteiger partial charge in [-0.3, -0.25) is 4.99 Å². The highest BCUT2D eigenvalue weighted by Crippen LogP contribution is 2.32. The molecule has 1 N–H and O–H groups in total. The highest BCUT2D eigenvalue weighted by molar-refractivity contribution is 6.12. The summed E-state index contributed by atoms with van der Waals surface area (Å²) in [5.74, 6) is 0. The number of fused-ring (bicyclic) bond motifs is 3. The van der Waals surface area contributed by atoms with Gasteiger partial charge in [-0.2, -0.15) is 0 Å². The first-order valence-electron chi connectivity index (χ1n) is 6.19. The predicted molar refractivity (Wildman–Crippen MR) is 76.5 cm³/mol. The van der Waals surface area contributed by atoms with E-state index in [0.29, 0.717) is 0 Å². The Morgan fingerprint density at radius 1 is 1.00 bits per heavy atom. The summed E-state index contributed by atoms with van der Waals surface area (Å²) in [6.45, 7) is 1.85. The van der Waals surface area contributed by atoms with E-state index in [1.807, 2.05) is 6.34 Å². The monoisotopic (exact) mass is 235 g/mol. The largest absolute Gasteiger partial charge is 0.353 e. The van der Waals surface area contributed by atoms with Gasteiger partial charge in [0.1, 0.15) is 0 Å². The molecule has 0 fully saturated rings. The topological polar surface area (TPSA) is 31.4 Å². The molecular formula is C15H13N3. The summed E-state index contributed by atoms with van der Waals surface area (Å²) in [4.78, 5) is 10.0. The first kappa shape index (κ1) is 9.71. The average molecular weight is 235 g/mol. The van der Waals surface area contributed by atoms with Gasteiger partial charge in [0.05, 0.1) is 24.1 Å². The zero-order valence-electron chi connectivity index (χ0n) is 9.93. The second kappa shape index (κ2) is 3.60. The molecule has 0 radical (unpaired) electrons. The van der Waals surface area contributed by atoms with Crippen LogP contribution in [0.15, 0.2) is 47.5 Å². The Kier molecular flexibility index (Phi) is 1.94. The normalized spacial score (nSPS) is 15.0. The molecule has 3 aromatic rings. The fourth-order valence-electron chi connectivity index (χ4n) is 2.66. The molecule has 3 heteroatoms. The molecule has 0 saturated carbocycles. The molecule has 0 spiro atoms. The predicted octanol–water partition coefficient (Wildman–Crippen LogP) is 3.17. The second-order valence-corrected chi connectivity index (χ2v) is 4.59. The number of aliphatic imine (C=N–C) groups is 1. The molecule has 18 heavy (non-hydrogen) atoms. The van der Waals surface area contributed by atoms with Crippen molar-refractivity contribution in [2.24, 2.45) is 4.99 Å². The number of aromatic amines is 1. The van der Waals surface area contributed by atoms with Crippen LogP contribution in [-0.4, -0.2) is 24.4 Å². The number of nitrogens with one attached hydrogen (secondary N) is 1. The molecule has 1 aliphatic rings.